The highest BCUT2D eigenvalue weighted by atomic mass is 15.1. The van der Waals surface area contributed by atoms with Crippen LogP contribution in [0.2, 0.25) is 0 Å². The van der Waals surface area contributed by atoms with Gasteiger partial charge in [-0.05, 0) is 24.5 Å². The van der Waals surface area contributed by atoms with E-state index in [1.165, 1.54) is 0 Å². The van der Waals surface area contributed by atoms with Crippen LogP contribution < -0.4 is 16.8 Å². The SMILES string of the molecule is Cc1cc(Nc2cnc(N)nc2N)c(C(C)C)cn1. The van der Waals surface area contributed by atoms with E-state index >= 15 is 0 Å². The van der Waals surface area contributed by atoms with Crippen LogP contribution in [0.1, 0.15) is 31.0 Å². The molecule has 2 heterocycles. The highest BCUT2D eigenvalue weighted by Crippen LogP contribution is 2.28. The maximum atomic E-state index is 5.82. The number of hydrogen-bond acceptors (Lipinski definition) is 6. The minimum atomic E-state index is 0.165. The molecular weight excluding hydrogens is 240 g/mol. The molecule has 0 amide bonds. The second kappa shape index (κ2) is 5.09. The smallest absolute Gasteiger partial charge is 0.222 e. The van der Waals surface area contributed by atoms with Crippen molar-refractivity contribution in [2.24, 2.45) is 0 Å². The molecule has 0 fully saturated rings. The molecule has 2 rings (SSSR count). The number of nitrogen functional groups attached to an aromatic ring is 2. The molecule has 2 aromatic rings. The topological polar surface area (TPSA) is 103 Å². The summed E-state index contributed by atoms with van der Waals surface area (Å²) in [4.78, 5) is 12.2. The van der Waals surface area contributed by atoms with E-state index in [9.17, 15) is 0 Å². The van der Waals surface area contributed by atoms with Crippen molar-refractivity contribution in [2.75, 3.05) is 16.8 Å². The quantitative estimate of drug-likeness (QED) is 0.780. The summed E-state index contributed by atoms with van der Waals surface area (Å²) in [5.74, 6) is 0.848. The molecule has 0 aliphatic heterocycles. The van der Waals surface area contributed by atoms with E-state index in [0.717, 1.165) is 16.9 Å². The van der Waals surface area contributed by atoms with Gasteiger partial charge in [-0.1, -0.05) is 13.8 Å². The van der Waals surface area contributed by atoms with Gasteiger partial charge in [-0.25, -0.2) is 4.98 Å². The van der Waals surface area contributed by atoms with Crippen LogP contribution in [0.25, 0.3) is 0 Å². The molecule has 0 bridgehead atoms. The molecule has 5 N–H and O–H groups in total. The lowest BCUT2D eigenvalue weighted by atomic mass is 10.0. The third kappa shape index (κ3) is 2.90. The van der Waals surface area contributed by atoms with Gasteiger partial charge in [0.2, 0.25) is 5.95 Å². The number of aromatic nitrogens is 3. The zero-order valence-corrected chi connectivity index (χ0v) is 11.3. The second-order valence-corrected chi connectivity index (χ2v) is 4.72. The Morgan fingerprint density at radius 1 is 1.11 bits per heavy atom. The first-order chi connectivity index (χ1) is 8.97. The molecule has 2 aromatic heterocycles. The summed E-state index contributed by atoms with van der Waals surface area (Å²) < 4.78 is 0. The predicted molar refractivity (Wildman–Crippen MR) is 77.2 cm³/mol. The van der Waals surface area contributed by atoms with Crippen molar-refractivity contribution in [3.8, 4) is 0 Å². The Morgan fingerprint density at radius 2 is 1.84 bits per heavy atom. The van der Waals surface area contributed by atoms with Crippen molar-refractivity contribution in [1.82, 2.24) is 15.0 Å². The molecule has 0 spiro atoms. The maximum absolute atomic E-state index is 5.82. The van der Waals surface area contributed by atoms with Gasteiger partial charge in [0.15, 0.2) is 5.82 Å². The summed E-state index contributed by atoms with van der Waals surface area (Å²) in [5, 5.41) is 3.24. The highest BCUT2D eigenvalue weighted by Gasteiger charge is 2.10. The van der Waals surface area contributed by atoms with Gasteiger partial charge >= 0.3 is 0 Å². The molecule has 6 nitrogen and oxygen atoms in total. The Labute approximate surface area is 112 Å². The summed E-state index contributed by atoms with van der Waals surface area (Å²) in [6.07, 6.45) is 3.45. The number of rotatable bonds is 3. The van der Waals surface area contributed by atoms with Crippen molar-refractivity contribution in [3.05, 3.63) is 29.7 Å². The van der Waals surface area contributed by atoms with Gasteiger partial charge in [-0.3, -0.25) is 4.98 Å². The summed E-state index contributed by atoms with van der Waals surface area (Å²) >= 11 is 0. The summed E-state index contributed by atoms with van der Waals surface area (Å²) in [5.41, 5.74) is 15.0. The van der Waals surface area contributed by atoms with Crippen LogP contribution >= 0.6 is 0 Å². The summed E-state index contributed by atoms with van der Waals surface area (Å²) in [6.45, 7) is 6.17. The largest absolute Gasteiger partial charge is 0.382 e. The number of anilines is 4. The molecule has 0 radical (unpaired) electrons. The minimum absolute atomic E-state index is 0.165. The molecule has 100 valence electrons. The lowest BCUT2D eigenvalue weighted by molar-refractivity contribution is 0.858. The van der Waals surface area contributed by atoms with Crippen LogP contribution in [-0.2, 0) is 0 Å². The molecule has 0 saturated carbocycles. The van der Waals surface area contributed by atoms with Gasteiger partial charge in [-0.15, -0.1) is 0 Å². The van der Waals surface area contributed by atoms with E-state index in [0.29, 0.717) is 17.4 Å². The fraction of sp³-hybridized carbons (Fsp3) is 0.308. The van der Waals surface area contributed by atoms with E-state index in [1.54, 1.807) is 6.20 Å². The van der Waals surface area contributed by atoms with Gasteiger partial charge in [0.1, 0.15) is 5.69 Å². The average Bonchev–Trinajstić information content (AvgIpc) is 2.32. The lowest BCUT2D eigenvalue weighted by Gasteiger charge is -2.15. The zero-order valence-electron chi connectivity index (χ0n) is 11.3. The number of nitrogens with one attached hydrogen (secondary N) is 1. The van der Waals surface area contributed by atoms with Crippen LogP contribution in [0, 0.1) is 6.92 Å². The second-order valence-electron chi connectivity index (χ2n) is 4.72. The van der Waals surface area contributed by atoms with E-state index in [1.807, 2.05) is 19.2 Å². The first kappa shape index (κ1) is 13.1. The van der Waals surface area contributed by atoms with Crippen molar-refractivity contribution < 1.29 is 0 Å². The third-order valence-electron chi connectivity index (χ3n) is 2.80. The average molecular weight is 258 g/mol. The minimum Gasteiger partial charge on any atom is -0.382 e. The van der Waals surface area contributed by atoms with Crippen molar-refractivity contribution in [1.29, 1.82) is 0 Å². The third-order valence-corrected chi connectivity index (χ3v) is 2.80. The van der Waals surface area contributed by atoms with Crippen molar-refractivity contribution in [3.63, 3.8) is 0 Å². The Bertz CT molecular complexity index is 594. The van der Waals surface area contributed by atoms with Gasteiger partial charge < -0.3 is 16.8 Å². The van der Waals surface area contributed by atoms with Crippen LogP contribution in [0.4, 0.5) is 23.1 Å². The summed E-state index contributed by atoms with van der Waals surface area (Å²) in [7, 11) is 0. The number of nitrogens with zero attached hydrogens (tertiary/aromatic N) is 3. The summed E-state index contributed by atoms with van der Waals surface area (Å²) in [6, 6.07) is 1.98. The molecule has 0 saturated heterocycles. The number of nitrogens with two attached hydrogens (primary N) is 2. The standard InChI is InChI=1S/C13H18N6/c1-7(2)9-5-16-8(3)4-10(9)18-11-6-17-13(15)19-12(11)14/h4-7H,1-3H3,(H,16,18)(H4,14,15,17,19). The van der Waals surface area contributed by atoms with Crippen LogP contribution in [0.5, 0.6) is 0 Å². The fourth-order valence-corrected chi connectivity index (χ4v) is 1.79. The molecular formula is C13H18N6. The van der Waals surface area contributed by atoms with Crippen molar-refractivity contribution in [2.45, 2.75) is 26.7 Å². The molecule has 0 aliphatic carbocycles. The maximum Gasteiger partial charge on any atom is 0.222 e. The monoisotopic (exact) mass is 258 g/mol. The van der Waals surface area contributed by atoms with Gasteiger partial charge in [0.25, 0.3) is 0 Å². The van der Waals surface area contributed by atoms with Gasteiger partial charge in [-0.2, -0.15) is 4.98 Å². The van der Waals surface area contributed by atoms with Crippen LogP contribution in [-0.4, -0.2) is 15.0 Å². The predicted octanol–water partition coefficient (Wildman–Crippen LogP) is 2.21. The van der Waals surface area contributed by atoms with E-state index < -0.39 is 0 Å². The Balaban J connectivity index is 2.39. The molecule has 0 aromatic carbocycles. The fourth-order valence-electron chi connectivity index (χ4n) is 1.79. The Kier molecular flexibility index (Phi) is 3.50. The van der Waals surface area contributed by atoms with E-state index in [-0.39, 0.29) is 5.95 Å². The zero-order chi connectivity index (χ0) is 14.0. The molecule has 0 atom stereocenters. The van der Waals surface area contributed by atoms with Crippen LogP contribution in [0.15, 0.2) is 18.5 Å². The van der Waals surface area contributed by atoms with E-state index in [4.69, 9.17) is 11.5 Å². The van der Waals surface area contributed by atoms with Crippen LogP contribution in [0.3, 0.4) is 0 Å². The Hall–Kier alpha value is -2.37. The number of aryl methyl sites for hydroxylation is 1. The molecule has 19 heavy (non-hydrogen) atoms. The lowest BCUT2D eigenvalue weighted by Crippen LogP contribution is -2.06. The first-order valence-corrected chi connectivity index (χ1v) is 6.09. The van der Waals surface area contributed by atoms with E-state index in [2.05, 4.69) is 34.1 Å². The van der Waals surface area contributed by atoms with Crippen molar-refractivity contribution >= 4 is 23.1 Å². The van der Waals surface area contributed by atoms with Gasteiger partial charge in [0, 0.05) is 17.6 Å². The highest BCUT2D eigenvalue weighted by molar-refractivity contribution is 5.71. The molecule has 6 heteroatoms. The number of pyridine rings is 1. The molecule has 0 unspecified atom stereocenters. The normalized spacial score (nSPS) is 10.7. The van der Waals surface area contributed by atoms with Gasteiger partial charge in [0.05, 0.1) is 6.20 Å². The molecule has 0 aliphatic rings. The number of hydrogen-bond donors (Lipinski definition) is 3. The Morgan fingerprint density at radius 3 is 2.47 bits per heavy atom. The first-order valence-electron chi connectivity index (χ1n) is 6.09.